The topological polar surface area (TPSA) is 64.1 Å². The van der Waals surface area contributed by atoms with Crippen molar-refractivity contribution in [3.8, 4) is 0 Å². The molecule has 72 valence electrons. The molecule has 0 aliphatic rings. The predicted octanol–water partition coefficient (Wildman–Crippen LogP) is -0.0101. The lowest BCUT2D eigenvalue weighted by atomic mass is 10.1. The number of rotatable bonds is 2. The number of aryl methyl sites for hydroxylation is 1. The van der Waals surface area contributed by atoms with Crippen LogP contribution in [0.15, 0.2) is 10.9 Å². The van der Waals surface area contributed by atoms with Crippen LogP contribution in [0.1, 0.15) is 18.5 Å². The largest absolute Gasteiger partial charge is 0.469 e. The first kappa shape index (κ1) is 9.57. The van der Waals surface area contributed by atoms with Gasteiger partial charge in [-0.3, -0.25) is 19.4 Å². The first-order chi connectivity index (χ1) is 6.06. The fraction of sp³-hybridized carbons (Fsp3) is 0.500. The molecule has 0 bridgehead atoms. The molecule has 0 amide bonds. The van der Waals surface area contributed by atoms with Gasteiger partial charge in [-0.05, 0) is 6.92 Å². The molecule has 0 saturated carbocycles. The molecule has 5 nitrogen and oxygen atoms in total. The standard InChI is InChI=1S/C8H12N2O3/c1-5(8(12)13-3)6-4-7(11)10(2)9-6/h4-5,9H,1-3H3. The van der Waals surface area contributed by atoms with Gasteiger partial charge in [-0.25, -0.2) is 0 Å². The molecule has 5 heteroatoms. The minimum absolute atomic E-state index is 0.161. The number of ether oxygens (including phenoxy) is 1. The van der Waals surface area contributed by atoms with E-state index in [1.807, 2.05) is 0 Å². The highest BCUT2D eigenvalue weighted by atomic mass is 16.5. The molecule has 0 fully saturated rings. The van der Waals surface area contributed by atoms with Crippen molar-refractivity contribution in [2.45, 2.75) is 12.8 Å². The third-order valence-electron chi connectivity index (χ3n) is 1.93. The van der Waals surface area contributed by atoms with Crippen molar-refractivity contribution in [3.05, 3.63) is 22.1 Å². The van der Waals surface area contributed by atoms with E-state index in [-0.39, 0.29) is 11.5 Å². The second-order valence-electron chi connectivity index (χ2n) is 2.85. The number of esters is 1. The normalized spacial score (nSPS) is 12.5. The highest BCUT2D eigenvalue weighted by Gasteiger charge is 2.17. The summed E-state index contributed by atoms with van der Waals surface area (Å²) in [6.07, 6.45) is 0. The van der Waals surface area contributed by atoms with Crippen LogP contribution in [0.3, 0.4) is 0 Å². The van der Waals surface area contributed by atoms with Crippen molar-refractivity contribution >= 4 is 5.97 Å². The van der Waals surface area contributed by atoms with Crippen LogP contribution in [-0.2, 0) is 16.6 Å². The molecule has 1 unspecified atom stereocenters. The van der Waals surface area contributed by atoms with Crippen LogP contribution < -0.4 is 5.56 Å². The Balaban J connectivity index is 2.95. The number of methoxy groups -OCH3 is 1. The number of carbonyl (C=O) groups is 1. The highest BCUT2D eigenvalue weighted by molar-refractivity contribution is 5.76. The molecular formula is C8H12N2O3. The monoisotopic (exact) mass is 184 g/mol. The van der Waals surface area contributed by atoms with Crippen molar-refractivity contribution in [2.24, 2.45) is 7.05 Å². The molecule has 1 atom stereocenters. The maximum Gasteiger partial charge on any atom is 0.314 e. The summed E-state index contributed by atoms with van der Waals surface area (Å²) in [5, 5.41) is 2.76. The minimum Gasteiger partial charge on any atom is -0.469 e. The molecule has 0 spiro atoms. The Bertz CT molecular complexity index is 364. The third-order valence-corrected chi connectivity index (χ3v) is 1.93. The molecule has 0 aliphatic carbocycles. The Morgan fingerprint density at radius 2 is 2.31 bits per heavy atom. The average molecular weight is 184 g/mol. The van der Waals surface area contributed by atoms with Gasteiger partial charge in [0.1, 0.15) is 0 Å². The molecule has 0 aromatic carbocycles. The molecule has 1 heterocycles. The van der Waals surface area contributed by atoms with Crippen LogP contribution in [0, 0.1) is 0 Å². The van der Waals surface area contributed by atoms with Crippen LogP contribution in [0.4, 0.5) is 0 Å². The number of hydrogen-bond donors (Lipinski definition) is 1. The Kier molecular flexibility index (Phi) is 2.55. The lowest BCUT2D eigenvalue weighted by molar-refractivity contribution is -0.142. The van der Waals surface area contributed by atoms with Crippen LogP contribution in [0.5, 0.6) is 0 Å². The molecule has 0 aliphatic heterocycles. The van der Waals surface area contributed by atoms with E-state index in [1.54, 1.807) is 14.0 Å². The molecule has 1 rings (SSSR count). The van der Waals surface area contributed by atoms with E-state index >= 15 is 0 Å². The second-order valence-corrected chi connectivity index (χ2v) is 2.85. The summed E-state index contributed by atoms with van der Waals surface area (Å²) in [4.78, 5) is 22.1. The van der Waals surface area contributed by atoms with E-state index in [0.29, 0.717) is 5.69 Å². The predicted molar refractivity (Wildman–Crippen MR) is 46.5 cm³/mol. The molecule has 0 saturated heterocycles. The second kappa shape index (κ2) is 3.47. The van der Waals surface area contributed by atoms with Crippen molar-refractivity contribution in [3.63, 3.8) is 0 Å². The summed E-state index contributed by atoms with van der Waals surface area (Å²) < 4.78 is 5.86. The zero-order valence-electron chi connectivity index (χ0n) is 7.83. The third kappa shape index (κ3) is 1.80. The van der Waals surface area contributed by atoms with Crippen molar-refractivity contribution in [2.75, 3.05) is 7.11 Å². The zero-order valence-corrected chi connectivity index (χ0v) is 7.83. The number of carbonyl (C=O) groups excluding carboxylic acids is 1. The van der Waals surface area contributed by atoms with Gasteiger partial charge in [0.25, 0.3) is 5.56 Å². The van der Waals surface area contributed by atoms with Crippen molar-refractivity contribution in [1.82, 2.24) is 9.78 Å². The quantitative estimate of drug-likeness (QED) is 0.657. The zero-order chi connectivity index (χ0) is 10.0. The minimum atomic E-state index is -0.432. The summed E-state index contributed by atoms with van der Waals surface area (Å²) in [5.41, 5.74) is 0.408. The van der Waals surface area contributed by atoms with Gasteiger partial charge in [0.2, 0.25) is 0 Å². The molecule has 13 heavy (non-hydrogen) atoms. The number of nitrogens with zero attached hydrogens (tertiary/aromatic N) is 1. The van der Waals surface area contributed by atoms with E-state index < -0.39 is 5.92 Å². The van der Waals surface area contributed by atoms with Gasteiger partial charge < -0.3 is 4.74 Å². The van der Waals surface area contributed by atoms with Crippen LogP contribution in [0.25, 0.3) is 0 Å². The average Bonchev–Trinajstić information content (AvgIpc) is 2.44. The fourth-order valence-corrected chi connectivity index (χ4v) is 1.04. The Hall–Kier alpha value is -1.52. The molecule has 0 radical (unpaired) electrons. The van der Waals surface area contributed by atoms with Gasteiger partial charge in [-0.1, -0.05) is 0 Å². The van der Waals surface area contributed by atoms with Crippen molar-refractivity contribution < 1.29 is 9.53 Å². The molecule has 1 aromatic rings. The fourth-order valence-electron chi connectivity index (χ4n) is 1.04. The first-order valence-electron chi connectivity index (χ1n) is 3.90. The molecule has 1 N–H and O–H groups in total. The van der Waals surface area contributed by atoms with Crippen LogP contribution in [0.2, 0.25) is 0 Å². The van der Waals surface area contributed by atoms with Gasteiger partial charge in [-0.15, -0.1) is 0 Å². The number of aromatic nitrogens is 2. The molecular weight excluding hydrogens is 172 g/mol. The van der Waals surface area contributed by atoms with E-state index in [4.69, 9.17) is 0 Å². The van der Waals surface area contributed by atoms with Gasteiger partial charge in [0.05, 0.1) is 18.7 Å². The summed E-state index contributed by atoms with van der Waals surface area (Å²) in [5.74, 6) is -0.791. The van der Waals surface area contributed by atoms with E-state index in [1.165, 1.54) is 17.9 Å². The molecule has 1 aromatic heterocycles. The maximum absolute atomic E-state index is 11.1. The Morgan fingerprint density at radius 3 is 2.69 bits per heavy atom. The van der Waals surface area contributed by atoms with Gasteiger partial charge in [0.15, 0.2) is 0 Å². The van der Waals surface area contributed by atoms with Crippen LogP contribution >= 0.6 is 0 Å². The highest BCUT2D eigenvalue weighted by Crippen LogP contribution is 2.11. The smallest absolute Gasteiger partial charge is 0.314 e. The van der Waals surface area contributed by atoms with E-state index in [9.17, 15) is 9.59 Å². The SMILES string of the molecule is COC(=O)C(C)c1cc(=O)n(C)[nH]1. The summed E-state index contributed by atoms with van der Waals surface area (Å²) >= 11 is 0. The first-order valence-corrected chi connectivity index (χ1v) is 3.90. The maximum atomic E-state index is 11.1. The van der Waals surface area contributed by atoms with Gasteiger partial charge >= 0.3 is 5.97 Å². The van der Waals surface area contributed by atoms with Crippen LogP contribution in [-0.4, -0.2) is 22.9 Å². The number of H-pyrrole nitrogens is 1. The number of hydrogen-bond acceptors (Lipinski definition) is 3. The van der Waals surface area contributed by atoms with Crippen molar-refractivity contribution in [1.29, 1.82) is 0 Å². The Labute approximate surface area is 75.3 Å². The number of aromatic amines is 1. The number of nitrogens with one attached hydrogen (secondary N) is 1. The van der Waals surface area contributed by atoms with Gasteiger partial charge in [-0.2, -0.15) is 0 Å². The Morgan fingerprint density at radius 1 is 1.69 bits per heavy atom. The lowest BCUT2D eigenvalue weighted by Gasteiger charge is -2.05. The summed E-state index contributed by atoms with van der Waals surface area (Å²) in [6.45, 7) is 1.68. The van der Waals surface area contributed by atoms with Gasteiger partial charge in [0, 0.05) is 13.1 Å². The van der Waals surface area contributed by atoms with E-state index in [0.717, 1.165) is 0 Å². The summed E-state index contributed by atoms with van der Waals surface area (Å²) in [7, 11) is 2.91. The van der Waals surface area contributed by atoms with E-state index in [2.05, 4.69) is 9.84 Å². The summed E-state index contributed by atoms with van der Waals surface area (Å²) in [6, 6.07) is 1.39. The lowest BCUT2D eigenvalue weighted by Crippen LogP contribution is -2.11.